The maximum atomic E-state index is 11.0. The predicted molar refractivity (Wildman–Crippen MR) is 79.2 cm³/mol. The first kappa shape index (κ1) is 18.4. The molecular formula is C16H26O4. The quantitative estimate of drug-likeness (QED) is 0.266. The van der Waals surface area contributed by atoms with Gasteiger partial charge in [0.2, 0.25) is 0 Å². The van der Waals surface area contributed by atoms with E-state index in [0.717, 1.165) is 38.5 Å². The van der Waals surface area contributed by atoms with E-state index in [9.17, 15) is 9.59 Å². The highest BCUT2D eigenvalue weighted by Crippen LogP contribution is 2.10. The van der Waals surface area contributed by atoms with E-state index in [1.807, 2.05) is 0 Å². The van der Waals surface area contributed by atoms with E-state index in [1.54, 1.807) is 6.08 Å². The molecule has 0 saturated carbocycles. The first-order valence-electron chi connectivity index (χ1n) is 7.18. The van der Waals surface area contributed by atoms with Crippen LogP contribution in [0.4, 0.5) is 0 Å². The van der Waals surface area contributed by atoms with Gasteiger partial charge in [-0.15, -0.1) is 0 Å². The van der Waals surface area contributed by atoms with Gasteiger partial charge in [0.1, 0.15) is 6.10 Å². The molecule has 0 aliphatic heterocycles. The Morgan fingerprint density at radius 3 is 2.50 bits per heavy atom. The summed E-state index contributed by atoms with van der Waals surface area (Å²) < 4.78 is 9.66. The van der Waals surface area contributed by atoms with Crippen molar-refractivity contribution in [3.05, 3.63) is 24.3 Å². The van der Waals surface area contributed by atoms with Gasteiger partial charge in [0, 0.05) is 13.0 Å². The number of allylic oxidation sites excluding steroid dienone is 2. The van der Waals surface area contributed by atoms with Crippen molar-refractivity contribution in [3.63, 3.8) is 0 Å². The predicted octanol–water partition coefficient (Wildman–Crippen LogP) is 3.56. The van der Waals surface area contributed by atoms with Crippen LogP contribution in [0.15, 0.2) is 24.3 Å². The Morgan fingerprint density at radius 2 is 1.90 bits per heavy atom. The minimum absolute atomic E-state index is 0.338. The molecule has 0 saturated heterocycles. The van der Waals surface area contributed by atoms with E-state index in [2.05, 4.69) is 23.8 Å². The molecule has 0 radical (unpaired) electrons. The summed E-state index contributed by atoms with van der Waals surface area (Å²) in [5, 5.41) is 0. The molecule has 0 heterocycles. The lowest BCUT2D eigenvalue weighted by Gasteiger charge is -2.12. The highest BCUT2D eigenvalue weighted by Gasteiger charge is 2.08. The van der Waals surface area contributed by atoms with Crippen LogP contribution < -0.4 is 0 Å². The van der Waals surface area contributed by atoms with Crippen molar-refractivity contribution in [2.75, 3.05) is 7.11 Å². The van der Waals surface area contributed by atoms with Gasteiger partial charge in [0.15, 0.2) is 0 Å². The van der Waals surface area contributed by atoms with Gasteiger partial charge in [-0.25, -0.2) is 4.79 Å². The molecule has 0 rings (SSSR count). The SMILES string of the molecule is CC/C=C\CCCCCC(/C=C/C(=O)OC)OC(C)=O. The van der Waals surface area contributed by atoms with E-state index in [0.29, 0.717) is 0 Å². The summed E-state index contributed by atoms with van der Waals surface area (Å²) in [4.78, 5) is 22.0. The van der Waals surface area contributed by atoms with Crippen LogP contribution in [-0.2, 0) is 19.1 Å². The lowest BCUT2D eigenvalue weighted by molar-refractivity contribution is -0.144. The Bertz CT molecular complexity index is 331. The molecule has 0 fully saturated rings. The molecule has 0 aromatic heterocycles. The highest BCUT2D eigenvalue weighted by atomic mass is 16.5. The first-order valence-corrected chi connectivity index (χ1v) is 7.18. The molecule has 0 aromatic carbocycles. The third-order valence-electron chi connectivity index (χ3n) is 2.73. The lowest BCUT2D eigenvalue weighted by Crippen LogP contribution is -2.14. The maximum absolute atomic E-state index is 11.0. The van der Waals surface area contributed by atoms with Crippen LogP contribution in [0.3, 0.4) is 0 Å². The van der Waals surface area contributed by atoms with Gasteiger partial charge >= 0.3 is 11.9 Å². The molecule has 1 atom stereocenters. The van der Waals surface area contributed by atoms with Crippen molar-refractivity contribution in [1.82, 2.24) is 0 Å². The van der Waals surface area contributed by atoms with Gasteiger partial charge in [0.05, 0.1) is 7.11 Å². The van der Waals surface area contributed by atoms with Crippen molar-refractivity contribution >= 4 is 11.9 Å². The third kappa shape index (κ3) is 11.5. The van der Waals surface area contributed by atoms with E-state index in [1.165, 1.54) is 20.1 Å². The Hall–Kier alpha value is -1.58. The number of hydrogen-bond donors (Lipinski definition) is 0. The summed E-state index contributed by atoms with van der Waals surface area (Å²) in [6, 6.07) is 0. The topological polar surface area (TPSA) is 52.6 Å². The van der Waals surface area contributed by atoms with Gasteiger partial charge < -0.3 is 9.47 Å². The molecule has 20 heavy (non-hydrogen) atoms. The molecule has 0 spiro atoms. The molecule has 1 unspecified atom stereocenters. The third-order valence-corrected chi connectivity index (χ3v) is 2.73. The fraction of sp³-hybridized carbons (Fsp3) is 0.625. The van der Waals surface area contributed by atoms with Crippen molar-refractivity contribution in [2.45, 2.75) is 58.5 Å². The number of rotatable bonds is 10. The number of methoxy groups -OCH3 is 1. The Labute approximate surface area is 121 Å². The van der Waals surface area contributed by atoms with Crippen LogP contribution in [-0.4, -0.2) is 25.2 Å². The number of carbonyl (C=O) groups excluding carboxylic acids is 2. The summed E-state index contributed by atoms with van der Waals surface area (Å²) in [5.74, 6) is -0.776. The normalized spacial score (nSPS) is 12.8. The Kier molecular flexibility index (Phi) is 11.5. The summed E-state index contributed by atoms with van der Waals surface area (Å²) in [6.07, 6.45) is 13.0. The maximum Gasteiger partial charge on any atom is 0.330 e. The largest absolute Gasteiger partial charge is 0.466 e. The Morgan fingerprint density at radius 1 is 1.15 bits per heavy atom. The zero-order valence-corrected chi connectivity index (χ0v) is 12.8. The van der Waals surface area contributed by atoms with E-state index in [4.69, 9.17) is 4.74 Å². The second-order valence-electron chi connectivity index (χ2n) is 4.55. The molecule has 0 aliphatic rings. The van der Waals surface area contributed by atoms with Crippen LogP contribution in [0.5, 0.6) is 0 Å². The number of carbonyl (C=O) groups is 2. The molecular weight excluding hydrogens is 256 g/mol. The fourth-order valence-electron chi connectivity index (χ4n) is 1.73. The van der Waals surface area contributed by atoms with Crippen LogP contribution in [0.2, 0.25) is 0 Å². The summed E-state index contributed by atoms with van der Waals surface area (Å²) in [7, 11) is 1.32. The summed E-state index contributed by atoms with van der Waals surface area (Å²) >= 11 is 0. The second-order valence-corrected chi connectivity index (χ2v) is 4.55. The minimum atomic E-state index is -0.438. The highest BCUT2D eigenvalue weighted by molar-refractivity contribution is 5.81. The molecule has 4 nitrogen and oxygen atoms in total. The molecule has 0 aromatic rings. The molecule has 0 aliphatic carbocycles. The first-order chi connectivity index (χ1) is 9.60. The zero-order chi connectivity index (χ0) is 15.2. The minimum Gasteiger partial charge on any atom is -0.466 e. The van der Waals surface area contributed by atoms with Crippen molar-refractivity contribution in [2.24, 2.45) is 0 Å². The molecule has 0 N–H and O–H groups in total. The smallest absolute Gasteiger partial charge is 0.330 e. The molecule has 0 bridgehead atoms. The fourth-order valence-corrected chi connectivity index (χ4v) is 1.73. The van der Waals surface area contributed by atoms with E-state index < -0.39 is 5.97 Å². The van der Waals surface area contributed by atoms with E-state index in [-0.39, 0.29) is 12.1 Å². The monoisotopic (exact) mass is 282 g/mol. The average molecular weight is 282 g/mol. The van der Waals surface area contributed by atoms with Gasteiger partial charge in [-0.2, -0.15) is 0 Å². The summed E-state index contributed by atoms with van der Waals surface area (Å²) in [5.41, 5.74) is 0. The lowest BCUT2D eigenvalue weighted by atomic mass is 10.1. The van der Waals surface area contributed by atoms with Gasteiger partial charge in [-0.1, -0.05) is 25.5 Å². The number of unbranched alkanes of at least 4 members (excludes halogenated alkanes) is 3. The van der Waals surface area contributed by atoms with Gasteiger partial charge in [-0.05, 0) is 38.2 Å². The molecule has 0 amide bonds. The number of ether oxygens (including phenoxy) is 2. The zero-order valence-electron chi connectivity index (χ0n) is 12.8. The molecule has 114 valence electrons. The standard InChI is InChI=1S/C16H26O4/c1-4-5-6-7-8-9-10-11-15(20-14(2)17)12-13-16(18)19-3/h5-6,12-13,15H,4,7-11H2,1-3H3/b6-5-,13-12+. The van der Waals surface area contributed by atoms with Gasteiger partial charge in [-0.3, -0.25) is 4.79 Å². The van der Waals surface area contributed by atoms with Gasteiger partial charge in [0.25, 0.3) is 0 Å². The summed E-state index contributed by atoms with van der Waals surface area (Å²) in [6.45, 7) is 3.49. The van der Waals surface area contributed by atoms with Crippen LogP contribution in [0.1, 0.15) is 52.4 Å². The van der Waals surface area contributed by atoms with Crippen molar-refractivity contribution < 1.29 is 19.1 Å². The van der Waals surface area contributed by atoms with E-state index >= 15 is 0 Å². The molecule has 4 heteroatoms. The number of esters is 2. The van der Waals surface area contributed by atoms with Crippen molar-refractivity contribution in [3.8, 4) is 0 Å². The Balaban J connectivity index is 3.98. The average Bonchev–Trinajstić information content (AvgIpc) is 2.42. The second kappa shape index (κ2) is 12.5. The van der Waals surface area contributed by atoms with Crippen LogP contribution in [0, 0.1) is 0 Å². The van der Waals surface area contributed by atoms with Crippen LogP contribution in [0.25, 0.3) is 0 Å². The van der Waals surface area contributed by atoms with Crippen LogP contribution >= 0.6 is 0 Å². The van der Waals surface area contributed by atoms with Crippen molar-refractivity contribution in [1.29, 1.82) is 0 Å². The number of hydrogen-bond acceptors (Lipinski definition) is 4.